The lowest BCUT2D eigenvalue weighted by atomic mass is 10.1. The highest BCUT2D eigenvalue weighted by molar-refractivity contribution is 6.00. The Hall–Kier alpha value is -3.36. The molecular formula is C18H16F2N2O5. The number of halogens is 2. The smallest absolute Gasteiger partial charge is 0.251 e. The van der Waals surface area contributed by atoms with E-state index in [-0.39, 0.29) is 17.8 Å². The van der Waals surface area contributed by atoms with E-state index < -0.39 is 23.4 Å². The molecule has 0 fully saturated rings. The fourth-order valence-electron chi connectivity index (χ4n) is 2.45. The summed E-state index contributed by atoms with van der Waals surface area (Å²) < 4.78 is 42.1. The van der Waals surface area contributed by atoms with Crippen molar-refractivity contribution >= 4 is 17.5 Å². The summed E-state index contributed by atoms with van der Waals surface area (Å²) in [7, 11) is 1.44. The van der Waals surface area contributed by atoms with Gasteiger partial charge in [-0.25, -0.2) is 8.78 Å². The lowest BCUT2D eigenvalue weighted by Gasteiger charge is -2.21. The molecule has 1 aliphatic rings. The van der Waals surface area contributed by atoms with Gasteiger partial charge in [0.15, 0.2) is 23.1 Å². The van der Waals surface area contributed by atoms with Gasteiger partial charge in [-0.15, -0.1) is 0 Å². The lowest BCUT2D eigenvalue weighted by Crippen LogP contribution is -2.33. The summed E-state index contributed by atoms with van der Waals surface area (Å²) in [6.45, 7) is 0.353. The Labute approximate surface area is 153 Å². The van der Waals surface area contributed by atoms with E-state index in [9.17, 15) is 18.4 Å². The molecular weight excluding hydrogens is 362 g/mol. The van der Waals surface area contributed by atoms with Crippen LogP contribution in [-0.2, 0) is 4.79 Å². The number of amides is 2. The average Bonchev–Trinajstić information content (AvgIpc) is 2.68. The van der Waals surface area contributed by atoms with E-state index in [0.29, 0.717) is 30.5 Å². The average molecular weight is 378 g/mol. The Morgan fingerprint density at radius 3 is 2.63 bits per heavy atom. The molecule has 2 aromatic rings. The first kappa shape index (κ1) is 18.4. The third-order valence-electron chi connectivity index (χ3n) is 3.70. The van der Waals surface area contributed by atoms with E-state index >= 15 is 0 Å². The molecule has 9 heteroatoms. The second kappa shape index (κ2) is 7.90. The lowest BCUT2D eigenvalue weighted by molar-refractivity contribution is -0.115. The molecule has 0 atom stereocenters. The van der Waals surface area contributed by atoms with Gasteiger partial charge in [0.2, 0.25) is 11.7 Å². The van der Waals surface area contributed by atoms with Crippen molar-refractivity contribution in [2.45, 2.75) is 0 Å². The Morgan fingerprint density at radius 2 is 1.89 bits per heavy atom. The zero-order valence-electron chi connectivity index (χ0n) is 14.3. The SMILES string of the molecule is COc1cc(C(=O)NCC(=O)Nc2ccc(F)c(F)c2)cc2c1OCCO2. The number of methoxy groups -OCH3 is 1. The first-order valence-corrected chi connectivity index (χ1v) is 7.98. The summed E-state index contributed by atoms with van der Waals surface area (Å²) in [5.74, 6) is -2.12. The first-order valence-electron chi connectivity index (χ1n) is 7.98. The van der Waals surface area contributed by atoms with Gasteiger partial charge in [0.25, 0.3) is 5.91 Å². The second-order valence-electron chi connectivity index (χ2n) is 5.56. The van der Waals surface area contributed by atoms with Crippen molar-refractivity contribution in [3.63, 3.8) is 0 Å². The van der Waals surface area contributed by atoms with Crippen molar-refractivity contribution in [2.75, 3.05) is 32.2 Å². The fraction of sp³-hybridized carbons (Fsp3) is 0.222. The number of fused-ring (bicyclic) bond motifs is 1. The number of rotatable bonds is 5. The van der Waals surface area contributed by atoms with E-state index in [0.717, 1.165) is 12.1 Å². The predicted octanol–water partition coefficient (Wildman–Crippen LogP) is 2.11. The zero-order chi connectivity index (χ0) is 19.4. The first-order chi connectivity index (χ1) is 13.0. The fourth-order valence-corrected chi connectivity index (χ4v) is 2.45. The van der Waals surface area contributed by atoms with E-state index in [2.05, 4.69) is 10.6 Å². The molecule has 0 saturated carbocycles. The van der Waals surface area contributed by atoms with Crippen LogP contribution in [-0.4, -0.2) is 38.7 Å². The third kappa shape index (κ3) is 4.25. The molecule has 2 aromatic carbocycles. The van der Waals surface area contributed by atoms with E-state index in [4.69, 9.17) is 14.2 Å². The number of carbonyl (C=O) groups excluding carboxylic acids is 2. The molecule has 0 unspecified atom stereocenters. The number of nitrogens with one attached hydrogen (secondary N) is 2. The monoisotopic (exact) mass is 378 g/mol. The Bertz CT molecular complexity index is 871. The second-order valence-corrected chi connectivity index (χ2v) is 5.56. The summed E-state index contributed by atoms with van der Waals surface area (Å²) in [5, 5.41) is 4.79. The topological polar surface area (TPSA) is 85.9 Å². The van der Waals surface area contributed by atoms with Gasteiger partial charge in [0.1, 0.15) is 13.2 Å². The minimum absolute atomic E-state index is 0.0779. The van der Waals surface area contributed by atoms with Crippen molar-refractivity contribution in [3.05, 3.63) is 47.5 Å². The quantitative estimate of drug-likeness (QED) is 0.832. The number of ether oxygens (including phenoxy) is 3. The van der Waals surface area contributed by atoms with Crippen molar-refractivity contribution in [2.24, 2.45) is 0 Å². The van der Waals surface area contributed by atoms with Gasteiger partial charge in [-0.05, 0) is 24.3 Å². The van der Waals surface area contributed by atoms with Crippen molar-refractivity contribution in [3.8, 4) is 17.2 Å². The number of hydrogen-bond donors (Lipinski definition) is 2. The van der Waals surface area contributed by atoms with Crippen molar-refractivity contribution < 1.29 is 32.6 Å². The van der Waals surface area contributed by atoms with Crippen LogP contribution in [0.1, 0.15) is 10.4 Å². The summed E-state index contributed by atoms with van der Waals surface area (Å²) in [6.07, 6.45) is 0. The number of hydrogen-bond acceptors (Lipinski definition) is 5. The summed E-state index contributed by atoms with van der Waals surface area (Å²) >= 11 is 0. The van der Waals surface area contributed by atoms with E-state index in [1.54, 1.807) is 0 Å². The van der Waals surface area contributed by atoms with Gasteiger partial charge < -0.3 is 24.8 Å². The van der Waals surface area contributed by atoms with Crippen LogP contribution in [0.15, 0.2) is 30.3 Å². The minimum Gasteiger partial charge on any atom is -0.493 e. The largest absolute Gasteiger partial charge is 0.493 e. The zero-order valence-corrected chi connectivity index (χ0v) is 14.3. The number of benzene rings is 2. The van der Waals surface area contributed by atoms with Gasteiger partial charge >= 0.3 is 0 Å². The molecule has 3 rings (SSSR count). The van der Waals surface area contributed by atoms with Crippen LogP contribution in [0.3, 0.4) is 0 Å². The van der Waals surface area contributed by atoms with Crippen LogP contribution in [0.4, 0.5) is 14.5 Å². The van der Waals surface area contributed by atoms with Gasteiger partial charge in [-0.3, -0.25) is 9.59 Å². The molecule has 2 amide bonds. The van der Waals surface area contributed by atoms with Gasteiger partial charge in [0, 0.05) is 17.3 Å². The van der Waals surface area contributed by atoms with Crippen LogP contribution >= 0.6 is 0 Å². The maximum absolute atomic E-state index is 13.1. The normalized spacial score (nSPS) is 12.3. The van der Waals surface area contributed by atoms with Gasteiger partial charge in [0.05, 0.1) is 13.7 Å². The maximum atomic E-state index is 13.1. The molecule has 0 saturated heterocycles. The minimum atomic E-state index is -1.08. The maximum Gasteiger partial charge on any atom is 0.251 e. The number of carbonyl (C=O) groups is 2. The highest BCUT2D eigenvalue weighted by Gasteiger charge is 2.21. The molecule has 1 heterocycles. The molecule has 0 bridgehead atoms. The van der Waals surface area contributed by atoms with Crippen LogP contribution in [0.2, 0.25) is 0 Å². The molecule has 2 N–H and O–H groups in total. The standard InChI is InChI=1S/C18H16F2N2O5/c1-25-14-6-10(7-15-17(14)27-5-4-26-15)18(24)21-9-16(23)22-11-2-3-12(19)13(20)8-11/h2-3,6-8H,4-5,9H2,1H3,(H,21,24)(H,22,23). The van der Waals surface area contributed by atoms with Crippen molar-refractivity contribution in [1.29, 1.82) is 0 Å². The molecule has 0 spiro atoms. The van der Waals surface area contributed by atoms with Crippen LogP contribution in [0.5, 0.6) is 17.2 Å². The molecule has 142 valence electrons. The van der Waals surface area contributed by atoms with Crippen LogP contribution in [0.25, 0.3) is 0 Å². The third-order valence-corrected chi connectivity index (χ3v) is 3.70. The van der Waals surface area contributed by atoms with Crippen LogP contribution < -0.4 is 24.8 Å². The Kier molecular flexibility index (Phi) is 5.39. The highest BCUT2D eigenvalue weighted by atomic mass is 19.2. The Morgan fingerprint density at radius 1 is 1.11 bits per heavy atom. The summed E-state index contributed by atoms with van der Waals surface area (Å²) in [4.78, 5) is 24.2. The van der Waals surface area contributed by atoms with E-state index in [1.807, 2.05) is 0 Å². The highest BCUT2D eigenvalue weighted by Crippen LogP contribution is 2.40. The summed E-state index contributed by atoms with van der Waals surface area (Å²) in [6, 6.07) is 5.91. The molecule has 27 heavy (non-hydrogen) atoms. The van der Waals surface area contributed by atoms with Crippen LogP contribution in [0, 0.1) is 11.6 Å². The van der Waals surface area contributed by atoms with E-state index in [1.165, 1.54) is 25.3 Å². The molecule has 0 radical (unpaired) electrons. The summed E-state index contributed by atoms with van der Waals surface area (Å²) in [5.41, 5.74) is 0.297. The predicted molar refractivity (Wildman–Crippen MR) is 91.3 cm³/mol. The van der Waals surface area contributed by atoms with Crippen molar-refractivity contribution in [1.82, 2.24) is 5.32 Å². The van der Waals surface area contributed by atoms with Gasteiger partial charge in [-0.2, -0.15) is 0 Å². The number of anilines is 1. The Balaban J connectivity index is 1.63. The molecule has 1 aliphatic heterocycles. The molecule has 7 nitrogen and oxygen atoms in total. The molecule has 0 aromatic heterocycles. The van der Waals surface area contributed by atoms with Gasteiger partial charge in [-0.1, -0.05) is 0 Å². The molecule has 0 aliphatic carbocycles.